The van der Waals surface area contributed by atoms with Crippen LogP contribution in [0.1, 0.15) is 11.4 Å². The van der Waals surface area contributed by atoms with Gasteiger partial charge in [0.05, 0.1) is 7.11 Å². The van der Waals surface area contributed by atoms with E-state index in [4.69, 9.17) is 21.1 Å². The molecule has 2 aromatic rings. The molecule has 0 aliphatic rings. The summed E-state index contributed by atoms with van der Waals surface area (Å²) in [7, 11) is 3.24. The number of nitrogens with zero attached hydrogens (tertiary/aromatic N) is 2. The van der Waals surface area contributed by atoms with Crippen molar-refractivity contribution < 1.29 is 9.47 Å². The minimum atomic E-state index is 0.328. The Labute approximate surface area is 122 Å². The van der Waals surface area contributed by atoms with Crippen LogP contribution in [0.2, 0.25) is 5.15 Å². The normalized spacial score (nSPS) is 10.3. The molecule has 0 spiro atoms. The van der Waals surface area contributed by atoms with Crippen LogP contribution in [0.25, 0.3) is 0 Å². The van der Waals surface area contributed by atoms with Crippen molar-refractivity contribution in [2.24, 2.45) is 0 Å². The molecule has 6 heteroatoms. The van der Waals surface area contributed by atoms with E-state index in [2.05, 4.69) is 15.3 Å². The molecule has 0 radical (unpaired) electrons. The second-order valence-corrected chi connectivity index (χ2v) is 4.52. The maximum Gasteiger partial charge on any atom is 0.158 e. The standard InChI is InChI=1S/C14H16ClN3O2/c1-19-9-14-17-12(15)7-13(18-14)16-8-10-4-3-5-11(6-10)20-2/h3-7H,8-9H2,1-2H3,(H,16,17,18). The van der Waals surface area contributed by atoms with Gasteiger partial charge in [-0.2, -0.15) is 0 Å². The zero-order chi connectivity index (χ0) is 14.4. The molecular weight excluding hydrogens is 278 g/mol. The number of benzene rings is 1. The summed E-state index contributed by atoms with van der Waals surface area (Å²) < 4.78 is 10.2. The van der Waals surface area contributed by atoms with E-state index in [0.29, 0.717) is 29.9 Å². The fraction of sp³-hybridized carbons (Fsp3) is 0.286. The lowest BCUT2D eigenvalue weighted by Crippen LogP contribution is -2.05. The summed E-state index contributed by atoms with van der Waals surface area (Å²) in [4.78, 5) is 8.39. The van der Waals surface area contributed by atoms with E-state index in [0.717, 1.165) is 11.3 Å². The molecule has 0 saturated carbocycles. The summed E-state index contributed by atoms with van der Waals surface area (Å²) in [5.74, 6) is 2.04. The van der Waals surface area contributed by atoms with Gasteiger partial charge in [-0.15, -0.1) is 0 Å². The molecular formula is C14H16ClN3O2. The second-order valence-electron chi connectivity index (χ2n) is 4.13. The molecule has 1 heterocycles. The highest BCUT2D eigenvalue weighted by Gasteiger charge is 2.03. The minimum Gasteiger partial charge on any atom is -0.497 e. The van der Waals surface area contributed by atoms with Crippen molar-refractivity contribution in [3.05, 3.63) is 46.9 Å². The van der Waals surface area contributed by atoms with E-state index in [-0.39, 0.29) is 0 Å². The van der Waals surface area contributed by atoms with Gasteiger partial charge in [0.25, 0.3) is 0 Å². The van der Waals surface area contributed by atoms with Crippen molar-refractivity contribution in [3.63, 3.8) is 0 Å². The van der Waals surface area contributed by atoms with Crippen LogP contribution in [-0.4, -0.2) is 24.2 Å². The van der Waals surface area contributed by atoms with Gasteiger partial charge >= 0.3 is 0 Å². The fourth-order valence-corrected chi connectivity index (χ4v) is 1.92. The van der Waals surface area contributed by atoms with Crippen LogP contribution in [0.3, 0.4) is 0 Å². The summed E-state index contributed by atoms with van der Waals surface area (Å²) in [6.45, 7) is 0.950. The quantitative estimate of drug-likeness (QED) is 0.830. The van der Waals surface area contributed by atoms with Crippen LogP contribution in [0.15, 0.2) is 30.3 Å². The van der Waals surface area contributed by atoms with E-state index in [1.54, 1.807) is 20.3 Å². The Morgan fingerprint density at radius 1 is 1.20 bits per heavy atom. The number of nitrogens with one attached hydrogen (secondary N) is 1. The zero-order valence-electron chi connectivity index (χ0n) is 11.4. The Balaban J connectivity index is 2.06. The van der Waals surface area contributed by atoms with Crippen LogP contribution in [-0.2, 0) is 17.9 Å². The number of methoxy groups -OCH3 is 2. The molecule has 0 aliphatic carbocycles. The highest BCUT2D eigenvalue weighted by Crippen LogP contribution is 2.16. The lowest BCUT2D eigenvalue weighted by molar-refractivity contribution is 0.178. The minimum absolute atomic E-state index is 0.328. The monoisotopic (exact) mass is 293 g/mol. The van der Waals surface area contributed by atoms with Crippen molar-refractivity contribution in [2.75, 3.05) is 19.5 Å². The van der Waals surface area contributed by atoms with Crippen LogP contribution in [0, 0.1) is 0 Å². The Bertz CT molecular complexity index is 578. The zero-order valence-corrected chi connectivity index (χ0v) is 12.1. The van der Waals surface area contributed by atoms with E-state index in [1.165, 1.54) is 0 Å². The lowest BCUT2D eigenvalue weighted by Gasteiger charge is -2.08. The smallest absolute Gasteiger partial charge is 0.158 e. The Morgan fingerprint density at radius 3 is 2.80 bits per heavy atom. The van der Waals surface area contributed by atoms with Gasteiger partial charge in [0.2, 0.25) is 0 Å². The first-order valence-electron chi connectivity index (χ1n) is 6.10. The molecule has 0 saturated heterocycles. The van der Waals surface area contributed by atoms with Gasteiger partial charge in [-0.1, -0.05) is 23.7 Å². The highest BCUT2D eigenvalue weighted by molar-refractivity contribution is 6.29. The second kappa shape index (κ2) is 7.07. The van der Waals surface area contributed by atoms with Gasteiger partial charge in [0.1, 0.15) is 23.3 Å². The number of rotatable bonds is 6. The largest absolute Gasteiger partial charge is 0.497 e. The molecule has 0 amide bonds. The van der Waals surface area contributed by atoms with E-state index < -0.39 is 0 Å². The molecule has 0 fully saturated rings. The fourth-order valence-electron chi connectivity index (χ4n) is 1.72. The third-order valence-corrected chi connectivity index (χ3v) is 2.82. The van der Waals surface area contributed by atoms with Crippen molar-refractivity contribution in [3.8, 4) is 5.75 Å². The first-order chi connectivity index (χ1) is 9.71. The molecule has 0 unspecified atom stereocenters. The van der Waals surface area contributed by atoms with Crippen molar-refractivity contribution >= 4 is 17.4 Å². The molecule has 1 aromatic heterocycles. The van der Waals surface area contributed by atoms with Crippen molar-refractivity contribution in [1.29, 1.82) is 0 Å². The molecule has 1 aromatic carbocycles. The van der Waals surface area contributed by atoms with Crippen molar-refractivity contribution in [2.45, 2.75) is 13.2 Å². The number of anilines is 1. The van der Waals surface area contributed by atoms with Crippen LogP contribution >= 0.6 is 11.6 Å². The topological polar surface area (TPSA) is 56.3 Å². The number of hydrogen-bond acceptors (Lipinski definition) is 5. The van der Waals surface area contributed by atoms with E-state index >= 15 is 0 Å². The number of aromatic nitrogens is 2. The molecule has 20 heavy (non-hydrogen) atoms. The average molecular weight is 294 g/mol. The Kier molecular flexibility index (Phi) is 5.15. The average Bonchev–Trinajstić information content (AvgIpc) is 2.45. The van der Waals surface area contributed by atoms with Gasteiger partial charge in [-0.05, 0) is 17.7 Å². The lowest BCUT2D eigenvalue weighted by atomic mass is 10.2. The third-order valence-electron chi connectivity index (χ3n) is 2.62. The maximum atomic E-state index is 5.95. The molecule has 0 atom stereocenters. The number of hydrogen-bond donors (Lipinski definition) is 1. The Morgan fingerprint density at radius 2 is 2.05 bits per heavy atom. The van der Waals surface area contributed by atoms with Crippen LogP contribution in [0.4, 0.5) is 5.82 Å². The summed E-state index contributed by atoms with van der Waals surface area (Å²) in [6, 6.07) is 9.50. The first-order valence-corrected chi connectivity index (χ1v) is 6.48. The maximum absolute atomic E-state index is 5.95. The van der Waals surface area contributed by atoms with Gasteiger partial charge in [-0.25, -0.2) is 9.97 Å². The molecule has 2 rings (SSSR count). The molecule has 0 bridgehead atoms. The molecule has 1 N–H and O–H groups in total. The SMILES string of the molecule is COCc1nc(Cl)cc(NCc2cccc(OC)c2)n1. The summed E-state index contributed by atoms with van der Waals surface area (Å²) in [5.41, 5.74) is 1.09. The third kappa shape index (κ3) is 4.08. The Hall–Kier alpha value is -1.85. The first kappa shape index (κ1) is 14.6. The van der Waals surface area contributed by atoms with E-state index in [9.17, 15) is 0 Å². The van der Waals surface area contributed by atoms with Gasteiger partial charge in [0.15, 0.2) is 5.82 Å². The van der Waals surface area contributed by atoms with Crippen molar-refractivity contribution in [1.82, 2.24) is 9.97 Å². The molecule has 5 nitrogen and oxygen atoms in total. The van der Waals surface area contributed by atoms with Gasteiger partial charge in [0, 0.05) is 19.7 Å². The number of halogens is 1. The predicted octanol–water partition coefficient (Wildman–Crippen LogP) is 2.90. The van der Waals surface area contributed by atoms with E-state index in [1.807, 2.05) is 24.3 Å². The predicted molar refractivity (Wildman–Crippen MR) is 78.1 cm³/mol. The van der Waals surface area contributed by atoms with Crippen LogP contribution in [0.5, 0.6) is 5.75 Å². The van der Waals surface area contributed by atoms with Gasteiger partial charge < -0.3 is 14.8 Å². The number of ether oxygens (including phenoxy) is 2. The summed E-state index contributed by atoms with van der Waals surface area (Å²) >= 11 is 5.95. The summed E-state index contributed by atoms with van der Waals surface area (Å²) in [6.07, 6.45) is 0. The van der Waals surface area contributed by atoms with Crippen LogP contribution < -0.4 is 10.1 Å². The van der Waals surface area contributed by atoms with Gasteiger partial charge in [-0.3, -0.25) is 0 Å². The highest BCUT2D eigenvalue weighted by atomic mass is 35.5. The molecule has 106 valence electrons. The molecule has 0 aliphatic heterocycles. The summed E-state index contributed by atoms with van der Waals surface area (Å²) in [5, 5.41) is 3.59.